The van der Waals surface area contributed by atoms with Crippen molar-refractivity contribution < 1.29 is 19.9 Å². The molecule has 140 valence electrons. The molecule has 0 radical (unpaired) electrons. The highest BCUT2D eigenvalue weighted by molar-refractivity contribution is 5.91. The van der Waals surface area contributed by atoms with Crippen LogP contribution >= 0.6 is 0 Å². The molecular weight excluding hydrogens is 352 g/mol. The lowest BCUT2D eigenvalue weighted by atomic mass is 10.2. The number of benzene rings is 2. The van der Waals surface area contributed by atoms with E-state index in [4.69, 9.17) is 9.84 Å². The highest BCUT2D eigenvalue weighted by atomic mass is 16.6. The molecule has 9 heteroatoms. The number of hydrogen-bond acceptors (Lipinski definition) is 7. The summed E-state index contributed by atoms with van der Waals surface area (Å²) in [5.41, 5.74) is 1.70. The maximum Gasteiger partial charge on any atom is 0.273 e. The first kappa shape index (κ1) is 18.5. The Kier molecular flexibility index (Phi) is 5.74. The maximum absolute atomic E-state index is 11.0. The molecule has 9 nitrogen and oxygen atoms in total. The Bertz CT molecular complexity index is 983. The fraction of sp³-hybridized carbons (Fsp3) is 0.222. The van der Waals surface area contributed by atoms with Crippen LogP contribution in [-0.4, -0.2) is 39.5 Å². The zero-order chi connectivity index (χ0) is 19.2. The van der Waals surface area contributed by atoms with Gasteiger partial charge in [-0.2, -0.15) is 0 Å². The van der Waals surface area contributed by atoms with Crippen molar-refractivity contribution in [1.82, 2.24) is 4.57 Å². The lowest BCUT2D eigenvalue weighted by molar-refractivity contribution is -0.384. The zero-order valence-electron chi connectivity index (χ0n) is 14.4. The van der Waals surface area contributed by atoms with Crippen LogP contribution in [0.2, 0.25) is 0 Å². The van der Waals surface area contributed by atoms with Gasteiger partial charge in [0.25, 0.3) is 5.69 Å². The van der Waals surface area contributed by atoms with Crippen LogP contribution in [0.25, 0.3) is 10.9 Å². The predicted octanol–water partition coefficient (Wildman–Crippen LogP) is 3.33. The number of aliphatic hydroxyl groups excluding tert-OH is 2. The standard InChI is InChI=1S/C18H18N4O5/c23-8-7-21-12-16(14-3-1-2-4-17(14)21)20-19-15-6-5-13(22(25)26)11-18(15)27-10-9-24/h1-6,11-12,23-24H,7-10H2. The first-order valence-corrected chi connectivity index (χ1v) is 8.26. The molecule has 1 heterocycles. The average Bonchev–Trinajstić information content (AvgIpc) is 3.03. The maximum atomic E-state index is 11.0. The van der Waals surface area contributed by atoms with E-state index in [1.807, 2.05) is 28.8 Å². The van der Waals surface area contributed by atoms with Gasteiger partial charge in [-0.05, 0) is 12.1 Å². The fourth-order valence-corrected chi connectivity index (χ4v) is 2.68. The molecule has 3 aromatic rings. The van der Waals surface area contributed by atoms with E-state index in [2.05, 4.69) is 10.2 Å². The number of non-ortho nitro benzene ring substituents is 1. The average molecular weight is 370 g/mol. The van der Waals surface area contributed by atoms with Gasteiger partial charge in [0.05, 0.1) is 29.7 Å². The van der Waals surface area contributed by atoms with Crippen LogP contribution < -0.4 is 4.74 Å². The van der Waals surface area contributed by atoms with Crippen molar-refractivity contribution in [3.05, 3.63) is 58.8 Å². The third-order valence-electron chi connectivity index (χ3n) is 3.88. The Morgan fingerprint density at radius 3 is 2.59 bits per heavy atom. The second kappa shape index (κ2) is 8.39. The summed E-state index contributed by atoms with van der Waals surface area (Å²) in [6.07, 6.45) is 1.78. The molecule has 0 saturated carbocycles. The Labute approximate surface area is 154 Å². The SMILES string of the molecule is O=[N+]([O-])c1ccc(N=Nc2cn(CCO)c3ccccc23)c(OCCO)c1. The molecule has 1 aromatic heterocycles. The van der Waals surface area contributed by atoms with Gasteiger partial charge in [0.15, 0.2) is 5.75 Å². The quantitative estimate of drug-likeness (QED) is 0.358. The minimum absolute atomic E-state index is 0.00322. The van der Waals surface area contributed by atoms with Crippen molar-refractivity contribution in [3.63, 3.8) is 0 Å². The first-order valence-electron chi connectivity index (χ1n) is 8.26. The molecule has 0 spiro atoms. The minimum atomic E-state index is -0.533. The molecule has 0 aliphatic heterocycles. The predicted molar refractivity (Wildman–Crippen MR) is 98.9 cm³/mol. The van der Waals surface area contributed by atoms with Crippen molar-refractivity contribution in [1.29, 1.82) is 0 Å². The van der Waals surface area contributed by atoms with Crippen molar-refractivity contribution in [2.75, 3.05) is 19.8 Å². The summed E-state index contributed by atoms with van der Waals surface area (Å²) in [6.45, 7) is 0.183. The van der Waals surface area contributed by atoms with E-state index < -0.39 is 4.92 Å². The number of rotatable bonds is 8. The molecular formula is C18H18N4O5. The lowest BCUT2D eigenvalue weighted by Gasteiger charge is -2.06. The number of aromatic nitrogens is 1. The number of nitro benzene ring substituents is 1. The largest absolute Gasteiger partial charge is 0.489 e. The summed E-state index contributed by atoms with van der Waals surface area (Å²) in [6, 6.07) is 11.6. The smallest absolute Gasteiger partial charge is 0.273 e. The second-order valence-corrected chi connectivity index (χ2v) is 5.63. The molecule has 0 unspecified atom stereocenters. The normalized spacial score (nSPS) is 11.3. The van der Waals surface area contributed by atoms with Crippen LogP contribution in [0.3, 0.4) is 0 Å². The molecule has 0 atom stereocenters. The summed E-state index contributed by atoms with van der Waals surface area (Å²) in [7, 11) is 0. The van der Waals surface area contributed by atoms with Gasteiger partial charge in [0, 0.05) is 24.2 Å². The number of nitro groups is 1. The number of aliphatic hydroxyl groups is 2. The van der Waals surface area contributed by atoms with Gasteiger partial charge in [-0.3, -0.25) is 10.1 Å². The third-order valence-corrected chi connectivity index (χ3v) is 3.88. The van der Waals surface area contributed by atoms with E-state index in [0.29, 0.717) is 17.9 Å². The van der Waals surface area contributed by atoms with Crippen LogP contribution in [0.4, 0.5) is 17.1 Å². The highest BCUT2D eigenvalue weighted by Gasteiger charge is 2.13. The van der Waals surface area contributed by atoms with Crippen LogP contribution in [0, 0.1) is 10.1 Å². The van der Waals surface area contributed by atoms with Gasteiger partial charge < -0.3 is 19.5 Å². The number of nitrogens with zero attached hydrogens (tertiary/aromatic N) is 4. The topological polar surface area (TPSA) is 122 Å². The van der Waals surface area contributed by atoms with Crippen molar-refractivity contribution >= 4 is 28.0 Å². The second-order valence-electron chi connectivity index (χ2n) is 5.63. The van der Waals surface area contributed by atoms with E-state index in [9.17, 15) is 15.2 Å². The Morgan fingerprint density at radius 2 is 1.85 bits per heavy atom. The molecule has 3 rings (SSSR count). The van der Waals surface area contributed by atoms with Gasteiger partial charge in [-0.25, -0.2) is 0 Å². The molecule has 0 amide bonds. The fourth-order valence-electron chi connectivity index (χ4n) is 2.68. The van der Waals surface area contributed by atoms with Gasteiger partial charge in [-0.15, -0.1) is 10.2 Å². The Morgan fingerprint density at radius 1 is 1.07 bits per heavy atom. The van der Waals surface area contributed by atoms with Gasteiger partial charge >= 0.3 is 0 Å². The molecule has 0 fully saturated rings. The van der Waals surface area contributed by atoms with Crippen LogP contribution in [0.5, 0.6) is 5.75 Å². The van der Waals surface area contributed by atoms with Gasteiger partial charge in [-0.1, -0.05) is 18.2 Å². The van der Waals surface area contributed by atoms with E-state index in [1.165, 1.54) is 18.2 Å². The molecule has 0 bridgehead atoms. The van der Waals surface area contributed by atoms with E-state index in [0.717, 1.165) is 10.9 Å². The number of para-hydroxylation sites is 1. The highest BCUT2D eigenvalue weighted by Crippen LogP contribution is 2.35. The summed E-state index contributed by atoms with van der Waals surface area (Å²) in [5.74, 6) is 0.168. The minimum Gasteiger partial charge on any atom is -0.489 e. The van der Waals surface area contributed by atoms with Crippen molar-refractivity contribution in [2.45, 2.75) is 6.54 Å². The summed E-state index contributed by atoms with van der Waals surface area (Å²) >= 11 is 0. The van der Waals surface area contributed by atoms with Crippen LogP contribution in [0.15, 0.2) is 58.9 Å². The van der Waals surface area contributed by atoms with Crippen molar-refractivity contribution in [2.24, 2.45) is 10.2 Å². The molecule has 0 aliphatic carbocycles. The molecule has 0 aliphatic rings. The molecule has 2 N–H and O–H groups in total. The van der Waals surface area contributed by atoms with E-state index in [-0.39, 0.29) is 31.3 Å². The summed E-state index contributed by atoms with van der Waals surface area (Å²) < 4.78 is 7.23. The Hall–Kier alpha value is -3.30. The molecule has 0 saturated heterocycles. The first-order chi connectivity index (χ1) is 13.1. The number of fused-ring (bicyclic) bond motifs is 1. The van der Waals surface area contributed by atoms with E-state index in [1.54, 1.807) is 6.20 Å². The lowest BCUT2D eigenvalue weighted by Crippen LogP contribution is -2.02. The summed E-state index contributed by atoms with van der Waals surface area (Å²) in [5, 5.41) is 38.4. The van der Waals surface area contributed by atoms with Gasteiger partial charge in [0.2, 0.25) is 0 Å². The molecule has 27 heavy (non-hydrogen) atoms. The number of azo groups is 1. The van der Waals surface area contributed by atoms with Crippen molar-refractivity contribution in [3.8, 4) is 5.75 Å². The van der Waals surface area contributed by atoms with Crippen LogP contribution in [0.1, 0.15) is 0 Å². The van der Waals surface area contributed by atoms with E-state index >= 15 is 0 Å². The van der Waals surface area contributed by atoms with Gasteiger partial charge in [0.1, 0.15) is 18.0 Å². The monoisotopic (exact) mass is 370 g/mol. The summed E-state index contributed by atoms with van der Waals surface area (Å²) in [4.78, 5) is 10.4. The Balaban J connectivity index is 1.98. The number of ether oxygens (including phenoxy) is 1. The number of hydrogen-bond donors (Lipinski definition) is 2. The third kappa shape index (κ3) is 4.10. The molecule has 2 aromatic carbocycles. The van der Waals surface area contributed by atoms with Crippen LogP contribution in [-0.2, 0) is 6.54 Å². The zero-order valence-corrected chi connectivity index (χ0v) is 14.4.